The molecule has 0 N–H and O–H groups in total. The molecule has 1 atom stereocenters. The summed E-state index contributed by atoms with van der Waals surface area (Å²) in [6.45, 7) is 15.0. The van der Waals surface area contributed by atoms with Gasteiger partial charge in [-0.3, -0.25) is 0 Å². The Morgan fingerprint density at radius 1 is 0.704 bits per heavy atom. The summed E-state index contributed by atoms with van der Waals surface area (Å²) < 4.78 is 2.60. The Morgan fingerprint density at radius 3 is 1.93 bits per heavy atom. The van der Waals surface area contributed by atoms with Crippen molar-refractivity contribution in [1.29, 1.82) is 0 Å². The number of benzene rings is 5. The second-order valence-corrected chi connectivity index (χ2v) is 23.6. The number of allylic oxidation sites excluding steroid dienone is 10. The second-order valence-electron chi connectivity index (χ2n) is 17.1. The van der Waals surface area contributed by atoms with Crippen LogP contribution in [0.25, 0.3) is 44.3 Å². The van der Waals surface area contributed by atoms with Crippen LogP contribution in [0.1, 0.15) is 81.3 Å². The molecular formula is C51H46Cl2Zr. The van der Waals surface area contributed by atoms with E-state index in [4.69, 9.17) is 0 Å². The SMILES string of the molecule is CC1=CC=c2c1c1c(c3c2=C(C)[CH]([Zr+2](=[C](c2cccc4ccccc24)c2cccc4ccccc24)[CH]2C=CC=C2)C3(C)C)CC2=C1CC(C)(C)C=C2.[Cl-].[Cl-]. The maximum Gasteiger partial charge on any atom is -1.00 e. The monoisotopic (exact) mass is 818 g/mol. The first-order valence-electron chi connectivity index (χ1n) is 19.2. The topological polar surface area (TPSA) is 0 Å². The molecule has 0 fully saturated rings. The van der Waals surface area contributed by atoms with Crippen molar-refractivity contribution < 1.29 is 46.1 Å². The summed E-state index contributed by atoms with van der Waals surface area (Å²) in [5.41, 5.74) is 15.7. The predicted octanol–water partition coefficient (Wildman–Crippen LogP) is 5.55. The fourth-order valence-electron chi connectivity index (χ4n) is 10.9. The van der Waals surface area contributed by atoms with E-state index in [0.717, 1.165) is 12.8 Å². The second kappa shape index (κ2) is 13.6. The first-order valence-corrected chi connectivity index (χ1v) is 23.3. The Hall–Kier alpha value is -3.61. The van der Waals surface area contributed by atoms with Gasteiger partial charge in [0, 0.05) is 0 Å². The van der Waals surface area contributed by atoms with Crippen molar-refractivity contribution >= 4 is 47.5 Å². The van der Waals surface area contributed by atoms with E-state index in [2.05, 4.69) is 175 Å². The molecule has 0 saturated heterocycles. The summed E-state index contributed by atoms with van der Waals surface area (Å²) in [5.74, 6) is 0. The fourth-order valence-corrected chi connectivity index (χ4v) is 21.3. The summed E-state index contributed by atoms with van der Waals surface area (Å²) in [5, 5.41) is 8.49. The van der Waals surface area contributed by atoms with Crippen molar-refractivity contribution in [2.45, 2.75) is 67.1 Å². The van der Waals surface area contributed by atoms with E-state index < -0.39 is 21.3 Å². The minimum absolute atomic E-state index is 0. The van der Waals surface area contributed by atoms with Crippen LogP contribution in [0, 0.1) is 5.41 Å². The largest absolute Gasteiger partial charge is 1.00 e. The minimum Gasteiger partial charge on any atom is -1.00 e. The zero-order valence-corrected chi connectivity index (χ0v) is 36.0. The molecule has 0 amide bonds. The van der Waals surface area contributed by atoms with Gasteiger partial charge in [0.25, 0.3) is 0 Å². The number of fused-ring (bicyclic) bond motifs is 9. The van der Waals surface area contributed by atoms with Crippen LogP contribution < -0.4 is 35.3 Å². The van der Waals surface area contributed by atoms with E-state index >= 15 is 0 Å². The minimum atomic E-state index is -2.87. The van der Waals surface area contributed by atoms with E-state index in [-0.39, 0.29) is 35.6 Å². The molecule has 1 unspecified atom stereocenters. The normalized spacial score (nSPS) is 19.4. The fraction of sp³-hybridized carbons (Fsp3) is 0.235. The Labute approximate surface area is 340 Å². The number of halogens is 2. The number of hydrogen-bond donors (Lipinski definition) is 0. The first-order chi connectivity index (χ1) is 25.1. The molecule has 5 aromatic rings. The molecule has 5 aliphatic carbocycles. The Balaban J connectivity index is 0.00000207. The molecular weight excluding hydrogens is 775 g/mol. The van der Waals surface area contributed by atoms with E-state index in [1.54, 1.807) is 41.8 Å². The van der Waals surface area contributed by atoms with Gasteiger partial charge in [0.2, 0.25) is 0 Å². The van der Waals surface area contributed by atoms with Crippen LogP contribution in [-0.2, 0) is 33.1 Å². The summed E-state index contributed by atoms with van der Waals surface area (Å²) >= 11 is -2.87. The van der Waals surface area contributed by atoms with Crippen molar-refractivity contribution in [3.8, 4) is 0 Å². The summed E-state index contributed by atoms with van der Waals surface area (Å²) in [4.78, 5) is 0. The third-order valence-corrected chi connectivity index (χ3v) is 22.8. The standard InChI is InChI=1S/C25H27.C21H14.C5H5.2ClH.Zr/c1-14-7-8-17-20(14)22-18(23-21(17)15(2)12-25(23,5)6)11-16-9-10-24(3,4)13-19(16)22;1-3-13-20-16(7-1)9-5-11-18(20)15-19-12-6-10-17-8-2-4-14-21(17)19;1-2-4-5-3-1;;;/h7-10,12H,11,13H2,1-6H3;1-14H;1-5H;2*1H;/q;;;;;+2/p-2. The van der Waals surface area contributed by atoms with Crippen LogP contribution in [0.4, 0.5) is 0 Å². The molecule has 0 spiro atoms. The molecule has 0 nitrogen and oxygen atoms in total. The van der Waals surface area contributed by atoms with Crippen LogP contribution in [0.3, 0.4) is 0 Å². The van der Waals surface area contributed by atoms with E-state index in [1.165, 1.54) is 49.0 Å². The van der Waals surface area contributed by atoms with E-state index in [0.29, 0.717) is 7.25 Å². The average molecular weight is 821 g/mol. The van der Waals surface area contributed by atoms with Crippen LogP contribution in [0.5, 0.6) is 0 Å². The molecule has 0 saturated carbocycles. The molecule has 3 heteroatoms. The molecule has 0 aliphatic heterocycles. The van der Waals surface area contributed by atoms with Crippen molar-refractivity contribution in [2.24, 2.45) is 5.41 Å². The van der Waals surface area contributed by atoms with Gasteiger partial charge in [0.1, 0.15) is 0 Å². The van der Waals surface area contributed by atoms with Gasteiger partial charge in [0.15, 0.2) is 0 Å². The van der Waals surface area contributed by atoms with Crippen LogP contribution >= 0.6 is 0 Å². The molecule has 0 radical (unpaired) electrons. The Morgan fingerprint density at radius 2 is 1.30 bits per heavy atom. The first kappa shape index (κ1) is 37.3. The number of rotatable bonds is 4. The third kappa shape index (κ3) is 5.44. The summed E-state index contributed by atoms with van der Waals surface area (Å²) in [7, 11) is 0. The van der Waals surface area contributed by atoms with Gasteiger partial charge in [-0.05, 0) is 0 Å². The average Bonchev–Trinajstić information content (AvgIpc) is 3.92. The van der Waals surface area contributed by atoms with E-state index in [1.807, 2.05) is 0 Å². The molecule has 268 valence electrons. The smallest absolute Gasteiger partial charge is 1.00 e. The van der Waals surface area contributed by atoms with Gasteiger partial charge in [0.05, 0.1) is 0 Å². The van der Waals surface area contributed by atoms with Crippen molar-refractivity contribution in [2.75, 3.05) is 0 Å². The Bertz CT molecular complexity index is 2660. The van der Waals surface area contributed by atoms with Crippen molar-refractivity contribution in [1.82, 2.24) is 0 Å². The summed E-state index contributed by atoms with van der Waals surface area (Å²) in [6, 6.07) is 32.3. The number of hydrogen-bond acceptors (Lipinski definition) is 0. The molecule has 0 bridgehead atoms. The van der Waals surface area contributed by atoms with Gasteiger partial charge in [-0.25, -0.2) is 0 Å². The van der Waals surface area contributed by atoms with Crippen molar-refractivity contribution in [3.05, 3.63) is 177 Å². The van der Waals surface area contributed by atoms with Gasteiger partial charge >= 0.3 is 318 Å². The predicted molar refractivity (Wildman–Crippen MR) is 221 cm³/mol. The quantitative estimate of drug-likeness (QED) is 0.224. The van der Waals surface area contributed by atoms with Gasteiger partial charge in [-0.1, -0.05) is 0 Å². The van der Waals surface area contributed by atoms with Gasteiger partial charge < -0.3 is 24.8 Å². The third-order valence-electron chi connectivity index (χ3n) is 13.0. The van der Waals surface area contributed by atoms with Crippen molar-refractivity contribution in [3.63, 3.8) is 0 Å². The molecule has 10 rings (SSSR count). The van der Waals surface area contributed by atoms with E-state index in [9.17, 15) is 0 Å². The molecule has 5 aliphatic rings. The summed E-state index contributed by atoms with van der Waals surface area (Å²) in [6.07, 6.45) is 21.8. The van der Waals surface area contributed by atoms with Gasteiger partial charge in [-0.2, -0.15) is 0 Å². The zero-order valence-electron chi connectivity index (χ0n) is 32.0. The van der Waals surface area contributed by atoms with Crippen LogP contribution in [0.15, 0.2) is 133 Å². The molecule has 0 aromatic heterocycles. The maximum absolute atomic E-state index is 2.87. The maximum atomic E-state index is 2.64. The zero-order chi connectivity index (χ0) is 35.5. The van der Waals surface area contributed by atoms with Gasteiger partial charge in [-0.15, -0.1) is 0 Å². The van der Waals surface area contributed by atoms with Crippen LogP contribution in [0.2, 0.25) is 7.25 Å². The molecule has 5 aromatic carbocycles. The molecule has 0 heterocycles. The molecule has 54 heavy (non-hydrogen) atoms. The van der Waals surface area contributed by atoms with Crippen LogP contribution in [-0.4, -0.2) is 3.21 Å². The Kier molecular flexibility index (Phi) is 9.37.